The molecule has 3 heterocycles. The van der Waals surface area contributed by atoms with Gasteiger partial charge in [-0.2, -0.15) is 0 Å². The fourth-order valence-corrected chi connectivity index (χ4v) is 5.54. The molecule has 0 fully saturated rings. The third-order valence-corrected chi connectivity index (χ3v) is 7.99. The van der Waals surface area contributed by atoms with Crippen LogP contribution in [0.4, 0.5) is 0 Å². The van der Waals surface area contributed by atoms with Gasteiger partial charge >= 0.3 is 0 Å². The lowest BCUT2D eigenvalue weighted by Crippen LogP contribution is -2.52. The maximum atomic E-state index is 14.4. The van der Waals surface area contributed by atoms with E-state index in [0.717, 1.165) is 40.1 Å². The van der Waals surface area contributed by atoms with E-state index in [1.54, 1.807) is 40.3 Å². The summed E-state index contributed by atoms with van der Waals surface area (Å²) in [4.78, 5) is 36.5. The molecule has 3 aromatic carbocycles. The summed E-state index contributed by atoms with van der Waals surface area (Å²) in [7, 11) is 0. The maximum absolute atomic E-state index is 14.4. The van der Waals surface area contributed by atoms with E-state index in [1.807, 2.05) is 90.7 Å². The van der Waals surface area contributed by atoms with Crippen molar-refractivity contribution >= 4 is 17.9 Å². The zero-order valence-electron chi connectivity index (χ0n) is 24.7. The van der Waals surface area contributed by atoms with Crippen molar-refractivity contribution in [3.63, 3.8) is 0 Å². The van der Waals surface area contributed by atoms with Gasteiger partial charge in [-0.25, -0.2) is 4.68 Å². The molecule has 6 rings (SSSR count). The molecule has 220 valence electrons. The number of aryl methyl sites for hydroxylation is 1. The Bertz CT molecular complexity index is 1730. The van der Waals surface area contributed by atoms with Crippen molar-refractivity contribution in [1.29, 1.82) is 0 Å². The molecule has 0 radical (unpaired) electrons. The van der Waals surface area contributed by atoms with Crippen molar-refractivity contribution < 1.29 is 9.59 Å². The topological polar surface area (TPSA) is 84.2 Å². The lowest BCUT2D eigenvalue weighted by atomic mass is 9.97. The fraction of sp³-hybridized carbons (Fsp3) is 0.194. The summed E-state index contributed by atoms with van der Waals surface area (Å²) >= 11 is 0. The van der Waals surface area contributed by atoms with Gasteiger partial charge in [-0.05, 0) is 65.4 Å². The molecule has 1 aliphatic rings. The summed E-state index contributed by atoms with van der Waals surface area (Å²) in [6, 6.07) is 29.1. The molecule has 1 aliphatic heterocycles. The van der Waals surface area contributed by atoms with Crippen LogP contribution in [0.3, 0.4) is 0 Å². The number of carbonyl (C=O) groups excluding carboxylic acids is 2. The van der Waals surface area contributed by atoms with Crippen LogP contribution in [-0.4, -0.2) is 54.2 Å². The summed E-state index contributed by atoms with van der Waals surface area (Å²) in [6.07, 6.45) is 9.65. The number of pyridine rings is 1. The van der Waals surface area contributed by atoms with E-state index in [0.29, 0.717) is 19.5 Å². The highest BCUT2D eigenvalue weighted by atomic mass is 16.2. The van der Waals surface area contributed by atoms with Gasteiger partial charge < -0.3 is 9.80 Å². The number of nitrogens with zero attached hydrogens (tertiary/aromatic N) is 6. The van der Waals surface area contributed by atoms with E-state index < -0.39 is 6.04 Å². The Kier molecular flexibility index (Phi) is 8.68. The first-order valence-electron chi connectivity index (χ1n) is 14.8. The highest BCUT2D eigenvalue weighted by Crippen LogP contribution is 2.23. The van der Waals surface area contributed by atoms with Crippen LogP contribution in [0.1, 0.15) is 33.5 Å². The average molecular weight is 583 g/mol. The summed E-state index contributed by atoms with van der Waals surface area (Å²) in [5, 5.41) is 7.96. The molecule has 0 aliphatic carbocycles. The van der Waals surface area contributed by atoms with Crippen LogP contribution in [0.2, 0.25) is 0 Å². The SMILES string of the molecule is Cc1ccc(C=CC(=O)N(Cc2ccc(-n3ccnn3)cc2)C(Cc2ccccc2)C(=O)N2CCc3ccccc3C2)cn1. The first-order valence-corrected chi connectivity index (χ1v) is 14.8. The molecule has 5 aromatic rings. The van der Waals surface area contributed by atoms with Gasteiger partial charge in [0.25, 0.3) is 0 Å². The second-order valence-electron chi connectivity index (χ2n) is 11.0. The zero-order valence-corrected chi connectivity index (χ0v) is 24.7. The van der Waals surface area contributed by atoms with Gasteiger partial charge in [0.15, 0.2) is 0 Å². The van der Waals surface area contributed by atoms with Crippen molar-refractivity contribution in [1.82, 2.24) is 29.8 Å². The number of hydrogen-bond acceptors (Lipinski definition) is 5. The van der Waals surface area contributed by atoms with Crippen LogP contribution in [-0.2, 0) is 35.5 Å². The van der Waals surface area contributed by atoms with Crippen molar-refractivity contribution in [2.45, 2.75) is 38.9 Å². The largest absolute Gasteiger partial charge is 0.336 e. The van der Waals surface area contributed by atoms with Gasteiger partial charge in [-0.1, -0.05) is 78.0 Å². The average Bonchev–Trinajstić information content (AvgIpc) is 3.61. The number of benzene rings is 3. The summed E-state index contributed by atoms with van der Waals surface area (Å²) in [5.41, 5.74) is 6.90. The molecule has 0 bridgehead atoms. The van der Waals surface area contributed by atoms with Crippen molar-refractivity contribution in [2.75, 3.05) is 6.54 Å². The van der Waals surface area contributed by atoms with Gasteiger partial charge in [0, 0.05) is 44.0 Å². The number of amides is 2. The molecule has 1 unspecified atom stereocenters. The maximum Gasteiger partial charge on any atom is 0.247 e. The second kappa shape index (κ2) is 13.3. The van der Waals surface area contributed by atoms with E-state index in [-0.39, 0.29) is 18.4 Å². The summed E-state index contributed by atoms with van der Waals surface area (Å²) in [5.74, 6) is -0.293. The lowest BCUT2D eigenvalue weighted by molar-refractivity contribution is -0.144. The van der Waals surface area contributed by atoms with E-state index >= 15 is 0 Å². The molecular formula is C36H34N6O2. The van der Waals surface area contributed by atoms with E-state index in [9.17, 15) is 9.59 Å². The van der Waals surface area contributed by atoms with Crippen LogP contribution in [0, 0.1) is 6.92 Å². The van der Waals surface area contributed by atoms with E-state index in [2.05, 4.69) is 27.4 Å². The monoisotopic (exact) mass is 582 g/mol. The Labute approximate surface area is 257 Å². The summed E-state index contributed by atoms with van der Waals surface area (Å²) < 4.78 is 1.68. The van der Waals surface area contributed by atoms with Gasteiger partial charge in [0.2, 0.25) is 11.8 Å². The Morgan fingerprint density at radius 3 is 2.41 bits per heavy atom. The van der Waals surface area contributed by atoms with Crippen LogP contribution in [0.15, 0.2) is 116 Å². The Balaban J connectivity index is 1.34. The minimum Gasteiger partial charge on any atom is -0.336 e. The van der Waals surface area contributed by atoms with Crippen LogP contribution in [0.5, 0.6) is 0 Å². The smallest absolute Gasteiger partial charge is 0.247 e. The summed E-state index contributed by atoms with van der Waals surface area (Å²) in [6.45, 7) is 3.33. The highest BCUT2D eigenvalue weighted by Gasteiger charge is 2.34. The molecule has 2 aromatic heterocycles. The van der Waals surface area contributed by atoms with Crippen molar-refractivity contribution in [2.24, 2.45) is 0 Å². The zero-order chi connectivity index (χ0) is 30.3. The predicted molar refractivity (Wildman–Crippen MR) is 169 cm³/mol. The molecular weight excluding hydrogens is 548 g/mol. The number of hydrogen-bond donors (Lipinski definition) is 0. The molecule has 8 nitrogen and oxygen atoms in total. The highest BCUT2D eigenvalue weighted by molar-refractivity contribution is 5.95. The number of carbonyl (C=O) groups is 2. The molecule has 0 N–H and O–H groups in total. The third kappa shape index (κ3) is 6.81. The van der Waals surface area contributed by atoms with Gasteiger partial charge in [-0.3, -0.25) is 14.6 Å². The molecule has 8 heteroatoms. The standard InChI is InChI=1S/C36H34N6O2/c1-27-11-12-29(24-37-27)15-18-35(43)41(25-30-13-16-33(17-14-30)42-22-20-38-39-42)34(23-28-7-3-2-4-8-28)36(44)40-21-19-31-9-5-6-10-32(31)26-40/h2-18,20,22,24,34H,19,21,23,25-26H2,1H3. The molecule has 0 saturated carbocycles. The predicted octanol–water partition coefficient (Wildman–Crippen LogP) is 5.21. The first-order chi connectivity index (χ1) is 21.5. The fourth-order valence-electron chi connectivity index (χ4n) is 5.54. The van der Waals surface area contributed by atoms with E-state index in [1.165, 1.54) is 5.56 Å². The molecule has 0 saturated heterocycles. The molecule has 1 atom stereocenters. The van der Waals surface area contributed by atoms with Crippen molar-refractivity contribution in [3.8, 4) is 5.69 Å². The minimum absolute atomic E-state index is 0.0543. The number of aromatic nitrogens is 4. The van der Waals surface area contributed by atoms with Gasteiger partial charge in [-0.15, -0.1) is 5.10 Å². The number of rotatable bonds is 9. The normalized spacial score (nSPS) is 13.4. The second-order valence-corrected chi connectivity index (χ2v) is 11.0. The van der Waals surface area contributed by atoms with Crippen LogP contribution in [0.25, 0.3) is 11.8 Å². The Hall–Kier alpha value is -5.37. The van der Waals surface area contributed by atoms with Crippen molar-refractivity contribution in [3.05, 3.63) is 149 Å². The van der Waals surface area contributed by atoms with Gasteiger partial charge in [0.05, 0.1) is 18.1 Å². The van der Waals surface area contributed by atoms with E-state index in [4.69, 9.17) is 0 Å². The third-order valence-electron chi connectivity index (χ3n) is 7.99. The first kappa shape index (κ1) is 28.7. The molecule has 0 spiro atoms. The van der Waals surface area contributed by atoms with Gasteiger partial charge in [0.1, 0.15) is 6.04 Å². The quantitative estimate of drug-likeness (QED) is 0.223. The minimum atomic E-state index is -0.703. The van der Waals surface area contributed by atoms with Crippen LogP contribution >= 0.6 is 0 Å². The Morgan fingerprint density at radius 1 is 0.909 bits per heavy atom. The molecule has 2 amide bonds. The molecule has 44 heavy (non-hydrogen) atoms. The van der Waals surface area contributed by atoms with Crippen LogP contribution < -0.4 is 0 Å². The lowest BCUT2D eigenvalue weighted by Gasteiger charge is -2.37. The Morgan fingerprint density at radius 2 is 1.68 bits per heavy atom. The number of fused-ring (bicyclic) bond motifs is 1.